The molecule has 0 heterocycles. The van der Waals surface area contributed by atoms with E-state index in [1.54, 1.807) is 0 Å². The molecular formula is C16H26O2. The number of benzene rings is 1. The molecule has 0 aliphatic rings. The number of hydrogen-bond acceptors (Lipinski definition) is 2. The molecule has 0 fully saturated rings. The highest BCUT2D eigenvalue weighted by molar-refractivity contribution is 5.22. The van der Waals surface area contributed by atoms with Crippen molar-refractivity contribution in [2.75, 3.05) is 0 Å². The van der Waals surface area contributed by atoms with Crippen LogP contribution in [0.2, 0.25) is 0 Å². The monoisotopic (exact) mass is 250 g/mol. The van der Waals surface area contributed by atoms with E-state index in [4.69, 9.17) is 0 Å². The normalized spacial score (nSPS) is 14.4. The number of aliphatic hydroxyl groups excluding tert-OH is 2. The van der Waals surface area contributed by atoms with Crippen LogP contribution >= 0.6 is 0 Å². The summed E-state index contributed by atoms with van der Waals surface area (Å²) in [7, 11) is 0. The summed E-state index contributed by atoms with van der Waals surface area (Å²) in [4.78, 5) is 0. The van der Waals surface area contributed by atoms with Crippen molar-refractivity contribution >= 4 is 0 Å². The van der Waals surface area contributed by atoms with Crippen LogP contribution in [0, 0.1) is 0 Å². The summed E-state index contributed by atoms with van der Waals surface area (Å²) in [5, 5.41) is 19.5. The number of aliphatic hydroxyl groups is 2. The Morgan fingerprint density at radius 3 is 1.78 bits per heavy atom. The molecule has 2 unspecified atom stereocenters. The zero-order chi connectivity index (χ0) is 13.4. The third-order valence-electron chi connectivity index (χ3n) is 3.32. The lowest BCUT2D eigenvalue weighted by atomic mass is 10.00. The van der Waals surface area contributed by atoms with Gasteiger partial charge >= 0.3 is 0 Å². The van der Waals surface area contributed by atoms with Gasteiger partial charge in [-0.1, -0.05) is 51.0 Å². The minimum absolute atomic E-state index is 0.575. The molecule has 1 aromatic rings. The van der Waals surface area contributed by atoms with Gasteiger partial charge in [0.1, 0.15) is 0 Å². The van der Waals surface area contributed by atoms with Crippen molar-refractivity contribution in [3.63, 3.8) is 0 Å². The van der Waals surface area contributed by atoms with E-state index in [9.17, 15) is 10.2 Å². The van der Waals surface area contributed by atoms with E-state index < -0.39 is 12.2 Å². The summed E-state index contributed by atoms with van der Waals surface area (Å²) >= 11 is 0. The van der Waals surface area contributed by atoms with Gasteiger partial charge in [0.15, 0.2) is 0 Å². The van der Waals surface area contributed by atoms with E-state index in [2.05, 4.69) is 31.2 Å². The van der Waals surface area contributed by atoms with Crippen LogP contribution in [0.25, 0.3) is 0 Å². The molecule has 1 aromatic carbocycles. The van der Waals surface area contributed by atoms with Crippen molar-refractivity contribution in [1.29, 1.82) is 0 Å². The summed E-state index contributed by atoms with van der Waals surface area (Å²) < 4.78 is 0. The van der Waals surface area contributed by atoms with Gasteiger partial charge in [-0.05, 0) is 36.8 Å². The fourth-order valence-corrected chi connectivity index (χ4v) is 2.16. The molecule has 0 bridgehead atoms. The molecule has 2 heteroatoms. The van der Waals surface area contributed by atoms with Gasteiger partial charge in [0.05, 0.1) is 12.2 Å². The van der Waals surface area contributed by atoms with Crippen LogP contribution in [0.1, 0.15) is 50.7 Å². The highest BCUT2D eigenvalue weighted by atomic mass is 16.3. The second-order valence-electron chi connectivity index (χ2n) is 5.03. The highest BCUT2D eigenvalue weighted by Crippen LogP contribution is 2.12. The molecule has 0 aromatic heterocycles. The van der Waals surface area contributed by atoms with Crippen molar-refractivity contribution in [1.82, 2.24) is 0 Å². The van der Waals surface area contributed by atoms with E-state index in [0.717, 1.165) is 19.3 Å². The fraction of sp³-hybridized carbons (Fsp3) is 0.625. The largest absolute Gasteiger partial charge is 0.390 e. The van der Waals surface area contributed by atoms with Crippen LogP contribution in [0.4, 0.5) is 0 Å². The first-order valence-corrected chi connectivity index (χ1v) is 7.11. The minimum Gasteiger partial charge on any atom is -0.390 e. The van der Waals surface area contributed by atoms with Gasteiger partial charge in [0.2, 0.25) is 0 Å². The third kappa shape index (κ3) is 5.19. The van der Waals surface area contributed by atoms with Crippen LogP contribution < -0.4 is 0 Å². The van der Waals surface area contributed by atoms with Crippen LogP contribution in [0.5, 0.6) is 0 Å². The van der Waals surface area contributed by atoms with E-state index in [1.807, 2.05) is 6.92 Å². The van der Waals surface area contributed by atoms with E-state index in [0.29, 0.717) is 12.8 Å². The smallest absolute Gasteiger partial charge is 0.0802 e. The number of hydrogen-bond donors (Lipinski definition) is 2. The lowest BCUT2D eigenvalue weighted by Crippen LogP contribution is -2.26. The molecule has 0 saturated carbocycles. The Hall–Kier alpha value is -0.860. The molecule has 2 atom stereocenters. The molecule has 1 rings (SSSR count). The molecule has 0 aliphatic carbocycles. The van der Waals surface area contributed by atoms with Crippen LogP contribution in [-0.2, 0) is 12.8 Å². The van der Waals surface area contributed by atoms with Crippen LogP contribution in [0.3, 0.4) is 0 Å². The molecule has 102 valence electrons. The zero-order valence-electron chi connectivity index (χ0n) is 11.6. The lowest BCUT2D eigenvalue weighted by Gasteiger charge is -2.17. The fourth-order valence-electron chi connectivity index (χ4n) is 2.16. The average molecular weight is 250 g/mol. The van der Waals surface area contributed by atoms with Gasteiger partial charge in [-0.15, -0.1) is 0 Å². The van der Waals surface area contributed by atoms with Gasteiger partial charge in [-0.2, -0.15) is 0 Å². The molecule has 2 nitrogen and oxygen atoms in total. The van der Waals surface area contributed by atoms with Gasteiger partial charge in [-0.25, -0.2) is 0 Å². The Morgan fingerprint density at radius 2 is 1.28 bits per heavy atom. The molecule has 0 aliphatic heterocycles. The average Bonchev–Trinajstić information content (AvgIpc) is 2.38. The maximum Gasteiger partial charge on any atom is 0.0802 e. The van der Waals surface area contributed by atoms with Crippen molar-refractivity contribution in [3.05, 3.63) is 35.4 Å². The van der Waals surface area contributed by atoms with Gasteiger partial charge in [-0.3, -0.25) is 0 Å². The maximum atomic E-state index is 9.80. The topological polar surface area (TPSA) is 40.5 Å². The number of aryl methyl sites for hydroxylation is 2. The van der Waals surface area contributed by atoms with E-state index in [1.165, 1.54) is 17.5 Å². The standard InChI is InChI=1S/C16H26O2/c1-3-5-13-7-9-14(10-8-13)11-12-16(18)15(17)6-4-2/h7-10,15-18H,3-6,11-12H2,1-2H3. The maximum absolute atomic E-state index is 9.80. The molecule has 2 N–H and O–H groups in total. The SMILES string of the molecule is CCCc1ccc(CCC(O)C(O)CCC)cc1. The molecule has 0 saturated heterocycles. The Labute approximate surface area is 111 Å². The number of rotatable bonds is 8. The summed E-state index contributed by atoms with van der Waals surface area (Å²) in [6, 6.07) is 8.58. The third-order valence-corrected chi connectivity index (χ3v) is 3.32. The first-order valence-electron chi connectivity index (χ1n) is 7.11. The van der Waals surface area contributed by atoms with Crippen LogP contribution in [-0.4, -0.2) is 22.4 Å². The molecule has 18 heavy (non-hydrogen) atoms. The van der Waals surface area contributed by atoms with Crippen molar-refractivity contribution < 1.29 is 10.2 Å². The van der Waals surface area contributed by atoms with E-state index in [-0.39, 0.29) is 0 Å². The van der Waals surface area contributed by atoms with Gasteiger partial charge < -0.3 is 10.2 Å². The molecular weight excluding hydrogens is 224 g/mol. The summed E-state index contributed by atoms with van der Waals surface area (Å²) in [5.74, 6) is 0. The Morgan fingerprint density at radius 1 is 0.778 bits per heavy atom. The van der Waals surface area contributed by atoms with Crippen molar-refractivity contribution in [2.45, 2.75) is 64.6 Å². The first-order chi connectivity index (χ1) is 8.67. The van der Waals surface area contributed by atoms with E-state index >= 15 is 0 Å². The second-order valence-corrected chi connectivity index (χ2v) is 5.03. The Bertz CT molecular complexity index is 318. The summed E-state index contributed by atoms with van der Waals surface area (Å²) in [5.41, 5.74) is 2.60. The highest BCUT2D eigenvalue weighted by Gasteiger charge is 2.14. The molecule has 0 radical (unpaired) electrons. The Kier molecular flexibility index (Phi) is 6.99. The molecule has 0 amide bonds. The van der Waals surface area contributed by atoms with Crippen molar-refractivity contribution in [2.24, 2.45) is 0 Å². The predicted molar refractivity (Wildman–Crippen MR) is 75.7 cm³/mol. The second kappa shape index (κ2) is 8.28. The Balaban J connectivity index is 2.38. The predicted octanol–water partition coefficient (Wildman–Crippen LogP) is 3.09. The van der Waals surface area contributed by atoms with Gasteiger partial charge in [0.25, 0.3) is 0 Å². The lowest BCUT2D eigenvalue weighted by molar-refractivity contribution is 0.00981. The van der Waals surface area contributed by atoms with Gasteiger partial charge in [0, 0.05) is 0 Å². The zero-order valence-corrected chi connectivity index (χ0v) is 11.6. The van der Waals surface area contributed by atoms with Crippen molar-refractivity contribution in [3.8, 4) is 0 Å². The van der Waals surface area contributed by atoms with Crippen LogP contribution in [0.15, 0.2) is 24.3 Å². The minimum atomic E-state index is -0.597. The molecule has 0 spiro atoms. The first kappa shape index (κ1) is 15.2. The summed E-state index contributed by atoms with van der Waals surface area (Å²) in [6.07, 6.45) is 4.16. The quantitative estimate of drug-likeness (QED) is 0.744. The summed E-state index contributed by atoms with van der Waals surface area (Å²) in [6.45, 7) is 4.20.